The van der Waals surface area contributed by atoms with E-state index in [4.69, 9.17) is 4.74 Å². The average Bonchev–Trinajstić information content (AvgIpc) is 2.48. The predicted octanol–water partition coefficient (Wildman–Crippen LogP) is 2.47. The third-order valence-corrected chi connectivity index (χ3v) is 4.39. The van der Waals surface area contributed by atoms with Gasteiger partial charge in [0.25, 0.3) is 0 Å². The Labute approximate surface area is 120 Å². The standard InChI is InChI=1S/C15H24N2OS/c1-16-13-4-3-9-17(12-13)10-11-18-14-5-7-15(19-2)8-6-14/h5-8,13,16H,3-4,9-12H2,1-2H3. The van der Waals surface area contributed by atoms with Gasteiger partial charge in [-0.25, -0.2) is 0 Å². The first-order valence-electron chi connectivity index (χ1n) is 6.98. The summed E-state index contributed by atoms with van der Waals surface area (Å²) in [5, 5.41) is 3.37. The van der Waals surface area contributed by atoms with Crippen LogP contribution >= 0.6 is 11.8 Å². The molecule has 1 fully saturated rings. The van der Waals surface area contributed by atoms with Gasteiger partial charge in [-0.3, -0.25) is 4.90 Å². The number of ether oxygens (including phenoxy) is 1. The molecule has 0 radical (unpaired) electrons. The van der Waals surface area contributed by atoms with Gasteiger partial charge in [-0.1, -0.05) is 0 Å². The van der Waals surface area contributed by atoms with Gasteiger partial charge >= 0.3 is 0 Å². The van der Waals surface area contributed by atoms with Crippen LogP contribution in [0.25, 0.3) is 0 Å². The second-order valence-electron chi connectivity index (χ2n) is 4.95. The maximum Gasteiger partial charge on any atom is 0.119 e. The second kappa shape index (κ2) is 7.78. The largest absolute Gasteiger partial charge is 0.492 e. The Balaban J connectivity index is 1.70. The van der Waals surface area contributed by atoms with E-state index in [1.54, 1.807) is 11.8 Å². The fourth-order valence-corrected chi connectivity index (χ4v) is 2.87. The molecule has 0 amide bonds. The van der Waals surface area contributed by atoms with Crippen LogP contribution < -0.4 is 10.1 Å². The van der Waals surface area contributed by atoms with E-state index in [9.17, 15) is 0 Å². The normalized spacial score (nSPS) is 20.4. The zero-order chi connectivity index (χ0) is 13.5. The molecule has 1 unspecified atom stereocenters. The van der Waals surface area contributed by atoms with Crippen LogP contribution in [-0.2, 0) is 0 Å². The minimum Gasteiger partial charge on any atom is -0.492 e. The minimum atomic E-state index is 0.648. The highest BCUT2D eigenvalue weighted by Gasteiger charge is 2.17. The van der Waals surface area contributed by atoms with Crippen molar-refractivity contribution in [2.75, 3.05) is 39.5 Å². The summed E-state index contributed by atoms with van der Waals surface area (Å²) in [6.45, 7) is 4.13. The first kappa shape index (κ1) is 14.7. The number of thioether (sulfide) groups is 1. The van der Waals surface area contributed by atoms with Crippen molar-refractivity contribution < 1.29 is 4.74 Å². The van der Waals surface area contributed by atoms with Gasteiger partial charge in [-0.05, 0) is 57.0 Å². The van der Waals surface area contributed by atoms with E-state index in [2.05, 4.69) is 47.8 Å². The van der Waals surface area contributed by atoms with Crippen molar-refractivity contribution in [2.24, 2.45) is 0 Å². The van der Waals surface area contributed by atoms with E-state index in [-0.39, 0.29) is 0 Å². The fourth-order valence-electron chi connectivity index (χ4n) is 2.46. The molecule has 106 valence electrons. The van der Waals surface area contributed by atoms with Crippen molar-refractivity contribution in [2.45, 2.75) is 23.8 Å². The zero-order valence-corrected chi connectivity index (χ0v) is 12.7. The van der Waals surface area contributed by atoms with Gasteiger partial charge in [-0.2, -0.15) is 0 Å². The van der Waals surface area contributed by atoms with Gasteiger partial charge in [0, 0.05) is 24.0 Å². The molecular formula is C15H24N2OS. The third-order valence-electron chi connectivity index (χ3n) is 3.65. The Kier molecular flexibility index (Phi) is 6.01. The van der Waals surface area contributed by atoms with Crippen LogP contribution in [0.4, 0.5) is 0 Å². The van der Waals surface area contributed by atoms with Crippen molar-refractivity contribution in [3.8, 4) is 5.75 Å². The molecule has 0 aromatic heterocycles. The number of hydrogen-bond donors (Lipinski definition) is 1. The molecule has 1 atom stereocenters. The van der Waals surface area contributed by atoms with Gasteiger partial charge in [0.2, 0.25) is 0 Å². The van der Waals surface area contributed by atoms with E-state index in [1.165, 1.54) is 24.3 Å². The molecule has 0 saturated carbocycles. The number of nitrogens with zero attached hydrogens (tertiary/aromatic N) is 1. The van der Waals surface area contributed by atoms with Crippen molar-refractivity contribution in [3.05, 3.63) is 24.3 Å². The summed E-state index contributed by atoms with van der Waals surface area (Å²) in [7, 11) is 2.05. The number of rotatable bonds is 6. The van der Waals surface area contributed by atoms with Crippen LogP contribution in [0, 0.1) is 0 Å². The lowest BCUT2D eigenvalue weighted by Gasteiger charge is -2.32. The highest BCUT2D eigenvalue weighted by molar-refractivity contribution is 7.98. The summed E-state index contributed by atoms with van der Waals surface area (Å²) >= 11 is 1.76. The van der Waals surface area contributed by atoms with Gasteiger partial charge in [0.05, 0.1) is 0 Å². The van der Waals surface area contributed by atoms with Crippen molar-refractivity contribution in [1.29, 1.82) is 0 Å². The lowest BCUT2D eigenvalue weighted by molar-refractivity contribution is 0.162. The van der Waals surface area contributed by atoms with E-state index < -0.39 is 0 Å². The second-order valence-corrected chi connectivity index (χ2v) is 5.83. The lowest BCUT2D eigenvalue weighted by Crippen LogP contribution is -2.45. The molecule has 2 rings (SSSR count). The van der Waals surface area contributed by atoms with E-state index >= 15 is 0 Å². The molecule has 0 spiro atoms. The summed E-state index contributed by atoms with van der Waals surface area (Å²) in [6, 6.07) is 8.97. The Morgan fingerprint density at radius 1 is 1.37 bits per heavy atom. The Morgan fingerprint density at radius 2 is 2.16 bits per heavy atom. The Bertz CT molecular complexity index is 369. The summed E-state index contributed by atoms with van der Waals surface area (Å²) < 4.78 is 5.81. The molecule has 4 heteroatoms. The van der Waals surface area contributed by atoms with E-state index in [1.807, 2.05) is 0 Å². The van der Waals surface area contributed by atoms with Crippen LogP contribution in [0.3, 0.4) is 0 Å². The molecule has 3 nitrogen and oxygen atoms in total. The summed E-state index contributed by atoms with van der Waals surface area (Å²) in [5.74, 6) is 0.972. The number of benzene rings is 1. The van der Waals surface area contributed by atoms with Gasteiger partial charge in [0.15, 0.2) is 0 Å². The molecule has 1 saturated heterocycles. The van der Waals surface area contributed by atoms with E-state index in [0.717, 1.165) is 25.4 Å². The Hall–Kier alpha value is -0.710. The molecule has 0 bridgehead atoms. The van der Waals surface area contributed by atoms with Crippen molar-refractivity contribution in [1.82, 2.24) is 10.2 Å². The van der Waals surface area contributed by atoms with Crippen LogP contribution in [0.15, 0.2) is 29.2 Å². The first-order chi connectivity index (χ1) is 9.31. The van der Waals surface area contributed by atoms with Gasteiger partial charge < -0.3 is 10.1 Å². The number of piperidine rings is 1. The number of hydrogen-bond acceptors (Lipinski definition) is 4. The number of likely N-dealkylation sites (tertiary alicyclic amines) is 1. The summed E-state index contributed by atoms with van der Waals surface area (Å²) in [5.41, 5.74) is 0. The molecule has 1 N–H and O–H groups in total. The summed E-state index contributed by atoms with van der Waals surface area (Å²) in [6.07, 6.45) is 4.67. The van der Waals surface area contributed by atoms with Crippen LogP contribution in [0.1, 0.15) is 12.8 Å². The summed E-state index contributed by atoms with van der Waals surface area (Å²) in [4.78, 5) is 3.77. The highest BCUT2D eigenvalue weighted by atomic mass is 32.2. The SMILES string of the molecule is CNC1CCCN(CCOc2ccc(SC)cc2)C1. The molecule has 1 aromatic carbocycles. The molecule has 1 aromatic rings. The predicted molar refractivity (Wildman–Crippen MR) is 82.2 cm³/mol. The van der Waals surface area contributed by atoms with Gasteiger partial charge in [-0.15, -0.1) is 11.8 Å². The van der Waals surface area contributed by atoms with Crippen LogP contribution in [-0.4, -0.2) is 50.5 Å². The molecule has 1 aliphatic heterocycles. The number of nitrogens with one attached hydrogen (secondary N) is 1. The molecule has 19 heavy (non-hydrogen) atoms. The minimum absolute atomic E-state index is 0.648. The van der Waals surface area contributed by atoms with Crippen molar-refractivity contribution >= 4 is 11.8 Å². The molecule has 1 heterocycles. The highest BCUT2D eigenvalue weighted by Crippen LogP contribution is 2.19. The molecular weight excluding hydrogens is 256 g/mol. The topological polar surface area (TPSA) is 24.5 Å². The van der Waals surface area contributed by atoms with E-state index in [0.29, 0.717) is 6.04 Å². The third kappa shape index (κ3) is 4.71. The lowest BCUT2D eigenvalue weighted by atomic mass is 10.1. The van der Waals surface area contributed by atoms with Crippen molar-refractivity contribution in [3.63, 3.8) is 0 Å². The van der Waals surface area contributed by atoms with Crippen LogP contribution in [0.2, 0.25) is 0 Å². The zero-order valence-electron chi connectivity index (χ0n) is 11.9. The fraction of sp³-hybridized carbons (Fsp3) is 0.600. The number of likely N-dealkylation sites (N-methyl/N-ethyl adjacent to an activating group) is 1. The monoisotopic (exact) mass is 280 g/mol. The average molecular weight is 280 g/mol. The quantitative estimate of drug-likeness (QED) is 0.809. The Morgan fingerprint density at radius 3 is 2.84 bits per heavy atom. The maximum atomic E-state index is 5.81. The first-order valence-corrected chi connectivity index (χ1v) is 8.21. The smallest absolute Gasteiger partial charge is 0.119 e. The maximum absolute atomic E-state index is 5.81. The molecule has 0 aliphatic carbocycles. The molecule has 1 aliphatic rings. The van der Waals surface area contributed by atoms with Gasteiger partial charge in [0.1, 0.15) is 12.4 Å². The van der Waals surface area contributed by atoms with Crippen LogP contribution in [0.5, 0.6) is 5.75 Å².